The molecule has 158 valence electrons. The first-order valence-electron chi connectivity index (χ1n) is 9.83. The summed E-state index contributed by atoms with van der Waals surface area (Å²) in [6.07, 6.45) is -0.576. The average molecular weight is 446 g/mol. The number of halogens is 2. The first-order valence-corrected chi connectivity index (χ1v) is 10.6. The molecule has 0 saturated heterocycles. The SMILES string of the molecule is CCOc1cc(CNC[C@H](O)c2ccccc2)cc(Cl)c1OCc1cccc(Cl)c1. The molecule has 4 nitrogen and oxygen atoms in total. The fourth-order valence-corrected chi connectivity index (χ4v) is 3.56. The van der Waals surface area contributed by atoms with E-state index in [1.165, 1.54) is 0 Å². The number of hydrogen-bond donors (Lipinski definition) is 2. The standard InChI is InChI=1S/C24H25Cl2NO3/c1-2-29-23-13-18(14-27-15-22(28)19-8-4-3-5-9-19)12-21(26)24(23)30-16-17-7-6-10-20(25)11-17/h3-13,22,27-28H,2,14-16H2,1H3/t22-/m0/s1. The molecule has 1 atom stereocenters. The molecular weight excluding hydrogens is 421 g/mol. The second kappa shape index (κ2) is 11.2. The molecule has 0 aliphatic rings. The average Bonchev–Trinajstić information content (AvgIpc) is 2.74. The fraction of sp³-hybridized carbons (Fsp3) is 0.250. The van der Waals surface area contributed by atoms with Crippen LogP contribution in [-0.4, -0.2) is 18.3 Å². The third-order valence-electron chi connectivity index (χ3n) is 4.49. The molecule has 0 unspecified atom stereocenters. The van der Waals surface area contributed by atoms with Gasteiger partial charge in [0.05, 0.1) is 17.7 Å². The van der Waals surface area contributed by atoms with Gasteiger partial charge < -0.3 is 19.9 Å². The largest absolute Gasteiger partial charge is 0.490 e. The van der Waals surface area contributed by atoms with Crippen molar-refractivity contribution >= 4 is 23.2 Å². The van der Waals surface area contributed by atoms with Gasteiger partial charge in [0, 0.05) is 18.1 Å². The first kappa shape index (κ1) is 22.4. The molecular formula is C24H25Cl2NO3. The number of nitrogens with one attached hydrogen (secondary N) is 1. The molecule has 0 spiro atoms. The Bertz CT molecular complexity index is 950. The van der Waals surface area contributed by atoms with E-state index in [4.69, 9.17) is 32.7 Å². The van der Waals surface area contributed by atoms with Crippen LogP contribution in [0.4, 0.5) is 0 Å². The second-order valence-electron chi connectivity index (χ2n) is 6.81. The molecule has 3 aromatic carbocycles. The molecule has 0 bridgehead atoms. The molecule has 0 aromatic heterocycles. The van der Waals surface area contributed by atoms with E-state index in [-0.39, 0.29) is 0 Å². The zero-order valence-corrected chi connectivity index (χ0v) is 18.3. The lowest BCUT2D eigenvalue weighted by atomic mass is 10.1. The van der Waals surface area contributed by atoms with Gasteiger partial charge in [-0.25, -0.2) is 0 Å². The highest BCUT2D eigenvalue weighted by molar-refractivity contribution is 6.32. The summed E-state index contributed by atoms with van der Waals surface area (Å²) in [6, 6.07) is 20.8. The van der Waals surface area contributed by atoms with E-state index in [9.17, 15) is 5.11 Å². The maximum Gasteiger partial charge on any atom is 0.180 e. The van der Waals surface area contributed by atoms with Crippen LogP contribution in [0.2, 0.25) is 10.0 Å². The summed E-state index contributed by atoms with van der Waals surface area (Å²) in [5, 5.41) is 14.7. The molecule has 30 heavy (non-hydrogen) atoms. The monoisotopic (exact) mass is 445 g/mol. The van der Waals surface area contributed by atoms with E-state index in [2.05, 4.69) is 5.32 Å². The zero-order valence-electron chi connectivity index (χ0n) is 16.8. The van der Waals surface area contributed by atoms with Crippen molar-refractivity contribution in [1.29, 1.82) is 0 Å². The highest BCUT2D eigenvalue weighted by Gasteiger charge is 2.14. The summed E-state index contributed by atoms with van der Waals surface area (Å²) in [7, 11) is 0. The molecule has 0 aliphatic carbocycles. The van der Waals surface area contributed by atoms with Crippen LogP contribution in [0.15, 0.2) is 66.7 Å². The fourth-order valence-electron chi connectivity index (χ4n) is 3.05. The number of aliphatic hydroxyl groups is 1. The maximum absolute atomic E-state index is 10.3. The van der Waals surface area contributed by atoms with Crippen molar-refractivity contribution in [3.8, 4) is 11.5 Å². The number of aliphatic hydroxyl groups excluding tert-OH is 1. The van der Waals surface area contributed by atoms with Crippen LogP contribution in [0, 0.1) is 0 Å². The molecule has 0 fully saturated rings. The Morgan fingerprint density at radius 2 is 1.73 bits per heavy atom. The maximum atomic E-state index is 10.3. The Morgan fingerprint density at radius 1 is 0.933 bits per heavy atom. The van der Waals surface area contributed by atoms with Gasteiger partial charge in [0.25, 0.3) is 0 Å². The van der Waals surface area contributed by atoms with Gasteiger partial charge >= 0.3 is 0 Å². The van der Waals surface area contributed by atoms with Crippen LogP contribution < -0.4 is 14.8 Å². The molecule has 3 rings (SSSR count). The van der Waals surface area contributed by atoms with Crippen molar-refractivity contribution in [2.45, 2.75) is 26.2 Å². The van der Waals surface area contributed by atoms with E-state index in [1.54, 1.807) is 0 Å². The van der Waals surface area contributed by atoms with Crippen molar-refractivity contribution < 1.29 is 14.6 Å². The summed E-state index contributed by atoms with van der Waals surface area (Å²) in [5.74, 6) is 1.10. The van der Waals surface area contributed by atoms with Gasteiger partial charge in [0.1, 0.15) is 6.61 Å². The minimum atomic E-state index is -0.576. The summed E-state index contributed by atoms with van der Waals surface area (Å²) in [4.78, 5) is 0. The zero-order chi connectivity index (χ0) is 21.3. The van der Waals surface area contributed by atoms with Crippen molar-refractivity contribution in [1.82, 2.24) is 5.32 Å². The van der Waals surface area contributed by atoms with Crippen molar-refractivity contribution in [2.24, 2.45) is 0 Å². The predicted molar refractivity (Wildman–Crippen MR) is 122 cm³/mol. The van der Waals surface area contributed by atoms with Crippen LogP contribution >= 0.6 is 23.2 Å². The summed E-state index contributed by atoms with van der Waals surface area (Å²) < 4.78 is 11.7. The first-order chi connectivity index (χ1) is 14.6. The van der Waals surface area contributed by atoms with Crippen molar-refractivity contribution in [2.75, 3.05) is 13.2 Å². The van der Waals surface area contributed by atoms with Crippen molar-refractivity contribution in [3.63, 3.8) is 0 Å². The summed E-state index contributed by atoms with van der Waals surface area (Å²) >= 11 is 12.5. The van der Waals surface area contributed by atoms with Crippen LogP contribution in [0.25, 0.3) is 0 Å². The van der Waals surface area contributed by atoms with E-state index in [0.29, 0.717) is 47.8 Å². The number of rotatable bonds is 10. The Balaban J connectivity index is 1.64. The van der Waals surface area contributed by atoms with Crippen LogP contribution in [0.1, 0.15) is 29.7 Å². The predicted octanol–water partition coefficient (Wildman–Crippen LogP) is 5.79. The van der Waals surface area contributed by atoms with Gasteiger partial charge in [-0.05, 0) is 47.9 Å². The Kier molecular flexibility index (Phi) is 8.40. The molecule has 0 heterocycles. The van der Waals surface area contributed by atoms with Crippen LogP contribution in [0.5, 0.6) is 11.5 Å². The summed E-state index contributed by atoms with van der Waals surface area (Å²) in [5.41, 5.74) is 2.77. The van der Waals surface area contributed by atoms with Gasteiger partial charge in [-0.3, -0.25) is 0 Å². The highest BCUT2D eigenvalue weighted by atomic mass is 35.5. The van der Waals surface area contributed by atoms with E-state index in [1.807, 2.05) is 73.7 Å². The van der Waals surface area contributed by atoms with E-state index >= 15 is 0 Å². The topological polar surface area (TPSA) is 50.7 Å². The Morgan fingerprint density at radius 3 is 2.47 bits per heavy atom. The molecule has 0 radical (unpaired) electrons. The van der Waals surface area contributed by atoms with Crippen LogP contribution in [0.3, 0.4) is 0 Å². The molecule has 0 amide bonds. The highest BCUT2D eigenvalue weighted by Crippen LogP contribution is 2.37. The minimum absolute atomic E-state index is 0.335. The Hall–Kier alpha value is -2.24. The van der Waals surface area contributed by atoms with Gasteiger partial charge in [0.2, 0.25) is 0 Å². The van der Waals surface area contributed by atoms with Crippen molar-refractivity contribution in [3.05, 3.63) is 93.5 Å². The molecule has 0 saturated carbocycles. The third-order valence-corrected chi connectivity index (χ3v) is 5.01. The number of ether oxygens (including phenoxy) is 2. The molecule has 0 aliphatic heterocycles. The lowest BCUT2D eigenvalue weighted by Gasteiger charge is -2.16. The lowest BCUT2D eigenvalue weighted by Crippen LogP contribution is -2.21. The smallest absolute Gasteiger partial charge is 0.180 e. The molecule has 3 aromatic rings. The van der Waals surface area contributed by atoms with E-state index in [0.717, 1.165) is 16.7 Å². The Labute approximate surface area is 187 Å². The quantitative estimate of drug-likeness (QED) is 0.414. The van der Waals surface area contributed by atoms with E-state index < -0.39 is 6.10 Å². The third kappa shape index (κ3) is 6.38. The van der Waals surface area contributed by atoms with Gasteiger partial charge in [-0.1, -0.05) is 65.7 Å². The second-order valence-corrected chi connectivity index (χ2v) is 7.66. The molecule has 2 N–H and O–H groups in total. The normalized spacial score (nSPS) is 11.9. The number of hydrogen-bond acceptors (Lipinski definition) is 4. The van der Waals surface area contributed by atoms with Gasteiger partial charge in [-0.2, -0.15) is 0 Å². The van der Waals surface area contributed by atoms with Gasteiger partial charge in [0.15, 0.2) is 11.5 Å². The van der Waals surface area contributed by atoms with Crippen LogP contribution in [-0.2, 0) is 13.2 Å². The van der Waals surface area contributed by atoms with Gasteiger partial charge in [-0.15, -0.1) is 0 Å². The lowest BCUT2D eigenvalue weighted by molar-refractivity contribution is 0.174. The molecule has 6 heteroatoms. The minimum Gasteiger partial charge on any atom is -0.490 e. The summed E-state index contributed by atoms with van der Waals surface area (Å²) in [6.45, 7) is 3.71. The number of benzene rings is 3.